The molecule has 4 rings (SSSR count). The van der Waals surface area contributed by atoms with Gasteiger partial charge in [-0.25, -0.2) is 9.78 Å². The molecule has 0 unspecified atom stereocenters. The normalized spacial score (nSPS) is 11.5. The number of aromatic nitrogens is 4. The second-order valence-electron chi connectivity index (χ2n) is 6.52. The van der Waals surface area contributed by atoms with E-state index in [4.69, 9.17) is 4.98 Å². The summed E-state index contributed by atoms with van der Waals surface area (Å²) in [6.45, 7) is 4.13. The van der Waals surface area contributed by atoms with Crippen LogP contribution in [0.25, 0.3) is 27.8 Å². The van der Waals surface area contributed by atoms with Crippen molar-refractivity contribution in [2.24, 2.45) is 0 Å². The maximum Gasteiger partial charge on any atom is 0.323 e. The number of H-pyrrole nitrogens is 2. The molecule has 0 aliphatic heterocycles. The minimum Gasteiger partial charge on any atom is -0.355 e. The molecule has 0 atom stereocenters. The van der Waals surface area contributed by atoms with E-state index in [0.29, 0.717) is 11.1 Å². The Kier molecular flexibility index (Phi) is 3.64. The Morgan fingerprint density at radius 3 is 2.65 bits per heavy atom. The van der Waals surface area contributed by atoms with Crippen molar-refractivity contribution in [2.75, 3.05) is 7.05 Å². The number of hydrogen-bond donors (Lipinski definition) is 3. The molecule has 7 heteroatoms. The van der Waals surface area contributed by atoms with Crippen molar-refractivity contribution in [3.63, 3.8) is 0 Å². The molecular weight excluding hydrogens is 330 g/mol. The largest absolute Gasteiger partial charge is 0.355 e. The maximum atomic E-state index is 12.2. The number of amides is 1. The van der Waals surface area contributed by atoms with Gasteiger partial charge in [-0.1, -0.05) is 19.9 Å². The highest BCUT2D eigenvalue weighted by Crippen LogP contribution is 2.29. The Hall–Kier alpha value is -3.35. The van der Waals surface area contributed by atoms with Gasteiger partial charge in [-0.15, -0.1) is 0 Å². The zero-order chi connectivity index (χ0) is 18.4. The topological polar surface area (TPSA) is 95.6 Å². The van der Waals surface area contributed by atoms with Gasteiger partial charge >= 0.3 is 5.69 Å². The van der Waals surface area contributed by atoms with Gasteiger partial charge in [0.05, 0.1) is 22.1 Å². The lowest BCUT2D eigenvalue weighted by Crippen LogP contribution is -2.18. The highest BCUT2D eigenvalue weighted by Gasteiger charge is 2.19. The van der Waals surface area contributed by atoms with Crippen molar-refractivity contribution >= 4 is 28.0 Å². The first kappa shape index (κ1) is 16.1. The van der Waals surface area contributed by atoms with Gasteiger partial charge in [-0.3, -0.25) is 9.36 Å². The Balaban J connectivity index is 2.04. The van der Waals surface area contributed by atoms with Gasteiger partial charge in [0.25, 0.3) is 5.91 Å². The standard InChI is InChI=1S/C19H19N5O2/c1-10(2)17-23-16-12(18(25)20-3)5-4-6-15(16)24(17)11-7-8-13-14(9-11)22-19(26)21-13/h4-10H,1-3H3,(H,20,25)(H2,21,22,26). The molecule has 26 heavy (non-hydrogen) atoms. The van der Waals surface area contributed by atoms with Crippen LogP contribution in [0.15, 0.2) is 41.2 Å². The van der Waals surface area contributed by atoms with Crippen LogP contribution < -0.4 is 11.0 Å². The summed E-state index contributed by atoms with van der Waals surface area (Å²) in [5.41, 5.74) is 4.19. The predicted octanol–water partition coefficient (Wildman–Crippen LogP) is 2.68. The summed E-state index contributed by atoms with van der Waals surface area (Å²) < 4.78 is 2.04. The molecule has 0 aliphatic carbocycles. The lowest BCUT2D eigenvalue weighted by molar-refractivity contribution is 0.0964. The number of hydrogen-bond acceptors (Lipinski definition) is 3. The molecule has 0 fully saturated rings. The van der Waals surface area contributed by atoms with Crippen LogP contribution in [-0.4, -0.2) is 32.5 Å². The second kappa shape index (κ2) is 5.87. The van der Waals surface area contributed by atoms with Crippen LogP contribution in [-0.2, 0) is 0 Å². The van der Waals surface area contributed by atoms with E-state index in [1.807, 2.05) is 34.9 Å². The van der Waals surface area contributed by atoms with Crippen LogP contribution in [0, 0.1) is 0 Å². The number of fused-ring (bicyclic) bond motifs is 2. The van der Waals surface area contributed by atoms with E-state index in [-0.39, 0.29) is 17.5 Å². The maximum absolute atomic E-state index is 12.2. The van der Waals surface area contributed by atoms with Crippen molar-refractivity contribution in [2.45, 2.75) is 19.8 Å². The summed E-state index contributed by atoms with van der Waals surface area (Å²) >= 11 is 0. The number of benzene rings is 2. The average molecular weight is 349 g/mol. The molecule has 0 bridgehead atoms. The summed E-state index contributed by atoms with van der Waals surface area (Å²) in [6, 6.07) is 11.3. The third-order valence-corrected chi connectivity index (χ3v) is 4.46. The van der Waals surface area contributed by atoms with E-state index >= 15 is 0 Å². The molecular formula is C19H19N5O2. The number of para-hydroxylation sites is 1. The number of rotatable bonds is 3. The van der Waals surface area contributed by atoms with Crippen LogP contribution in [0.5, 0.6) is 0 Å². The van der Waals surface area contributed by atoms with Gasteiger partial charge in [0.15, 0.2) is 0 Å². The van der Waals surface area contributed by atoms with Crippen LogP contribution in [0.1, 0.15) is 35.9 Å². The molecule has 3 N–H and O–H groups in total. The highest BCUT2D eigenvalue weighted by atomic mass is 16.1. The molecule has 0 aliphatic rings. The number of nitrogens with zero attached hydrogens (tertiary/aromatic N) is 2. The van der Waals surface area contributed by atoms with Crippen LogP contribution in [0.3, 0.4) is 0 Å². The Bertz CT molecular complexity index is 1200. The fourth-order valence-electron chi connectivity index (χ4n) is 3.25. The first-order valence-corrected chi connectivity index (χ1v) is 8.45. The van der Waals surface area contributed by atoms with Gasteiger partial charge in [-0.2, -0.15) is 0 Å². The Morgan fingerprint density at radius 2 is 1.92 bits per heavy atom. The SMILES string of the molecule is CNC(=O)c1cccc2c1nc(C(C)C)n2-c1ccc2[nH]c(=O)[nH]c2c1. The molecule has 2 heterocycles. The average Bonchev–Trinajstić information content (AvgIpc) is 3.19. The van der Waals surface area contributed by atoms with Gasteiger partial charge < -0.3 is 15.3 Å². The van der Waals surface area contributed by atoms with Crippen LogP contribution in [0.4, 0.5) is 0 Å². The Morgan fingerprint density at radius 1 is 1.15 bits per heavy atom. The molecule has 132 valence electrons. The zero-order valence-corrected chi connectivity index (χ0v) is 14.8. The molecule has 0 saturated heterocycles. The minimum absolute atomic E-state index is 0.154. The van der Waals surface area contributed by atoms with Crippen molar-refractivity contribution in [3.05, 3.63) is 58.3 Å². The van der Waals surface area contributed by atoms with Gasteiger partial charge in [0.2, 0.25) is 0 Å². The molecule has 4 aromatic rings. The number of aromatic amines is 2. The fraction of sp³-hybridized carbons (Fsp3) is 0.211. The van der Waals surface area contributed by atoms with Crippen molar-refractivity contribution < 1.29 is 4.79 Å². The first-order chi connectivity index (χ1) is 12.5. The van der Waals surface area contributed by atoms with E-state index in [9.17, 15) is 9.59 Å². The monoisotopic (exact) mass is 349 g/mol. The number of nitrogens with one attached hydrogen (secondary N) is 3. The summed E-state index contributed by atoms with van der Waals surface area (Å²) in [4.78, 5) is 34.1. The van der Waals surface area contributed by atoms with E-state index in [1.165, 1.54) is 0 Å². The first-order valence-electron chi connectivity index (χ1n) is 8.45. The molecule has 2 aromatic carbocycles. The van der Waals surface area contributed by atoms with Crippen molar-refractivity contribution in [1.82, 2.24) is 24.8 Å². The predicted molar refractivity (Wildman–Crippen MR) is 101 cm³/mol. The fourth-order valence-corrected chi connectivity index (χ4v) is 3.25. The van der Waals surface area contributed by atoms with Crippen LogP contribution in [0.2, 0.25) is 0 Å². The number of carbonyl (C=O) groups excluding carboxylic acids is 1. The molecule has 0 radical (unpaired) electrons. The summed E-state index contributed by atoms with van der Waals surface area (Å²) in [6.07, 6.45) is 0. The second-order valence-corrected chi connectivity index (χ2v) is 6.52. The quantitative estimate of drug-likeness (QED) is 0.530. The molecule has 1 amide bonds. The van der Waals surface area contributed by atoms with E-state index in [0.717, 1.165) is 28.1 Å². The minimum atomic E-state index is -0.237. The molecule has 2 aromatic heterocycles. The molecule has 0 spiro atoms. The summed E-state index contributed by atoms with van der Waals surface area (Å²) in [5.74, 6) is 0.843. The number of imidazole rings is 2. The highest BCUT2D eigenvalue weighted by molar-refractivity contribution is 6.05. The van der Waals surface area contributed by atoms with E-state index in [1.54, 1.807) is 13.1 Å². The number of carbonyl (C=O) groups is 1. The van der Waals surface area contributed by atoms with Gasteiger partial charge in [0.1, 0.15) is 11.3 Å². The van der Waals surface area contributed by atoms with Crippen molar-refractivity contribution in [3.8, 4) is 5.69 Å². The van der Waals surface area contributed by atoms with E-state index < -0.39 is 0 Å². The van der Waals surface area contributed by atoms with E-state index in [2.05, 4.69) is 29.1 Å². The summed E-state index contributed by atoms with van der Waals surface area (Å²) in [5, 5.41) is 2.67. The molecule has 7 nitrogen and oxygen atoms in total. The Labute approximate surface area is 149 Å². The third kappa shape index (κ3) is 2.40. The smallest absolute Gasteiger partial charge is 0.323 e. The zero-order valence-electron chi connectivity index (χ0n) is 14.8. The lowest BCUT2D eigenvalue weighted by atomic mass is 10.1. The van der Waals surface area contributed by atoms with Gasteiger partial charge in [0, 0.05) is 18.7 Å². The molecule has 0 saturated carbocycles. The van der Waals surface area contributed by atoms with Crippen molar-refractivity contribution in [1.29, 1.82) is 0 Å². The third-order valence-electron chi connectivity index (χ3n) is 4.46. The summed E-state index contributed by atoms with van der Waals surface area (Å²) in [7, 11) is 1.61. The lowest BCUT2D eigenvalue weighted by Gasteiger charge is -2.11. The van der Waals surface area contributed by atoms with Gasteiger partial charge in [-0.05, 0) is 30.3 Å². The van der Waals surface area contributed by atoms with Crippen LogP contribution >= 0.6 is 0 Å².